The van der Waals surface area contributed by atoms with Crippen molar-refractivity contribution < 1.29 is 4.79 Å². The van der Waals surface area contributed by atoms with Gasteiger partial charge in [0.05, 0.1) is 5.54 Å². The van der Waals surface area contributed by atoms with Gasteiger partial charge in [0.25, 0.3) is 0 Å². The van der Waals surface area contributed by atoms with Gasteiger partial charge in [-0.05, 0) is 24.0 Å². The van der Waals surface area contributed by atoms with Gasteiger partial charge in [0.1, 0.15) is 0 Å². The van der Waals surface area contributed by atoms with E-state index in [2.05, 4.69) is 64.8 Å². The molecule has 4 nitrogen and oxygen atoms in total. The molecule has 0 saturated carbocycles. The summed E-state index contributed by atoms with van der Waals surface area (Å²) in [6.07, 6.45) is 1.84. The predicted octanol–water partition coefficient (Wildman–Crippen LogP) is 3.45. The summed E-state index contributed by atoms with van der Waals surface area (Å²) in [5.41, 5.74) is 2.26. The van der Waals surface area contributed by atoms with E-state index in [1.54, 1.807) is 19.0 Å². The Bertz CT molecular complexity index is 677. The zero-order chi connectivity index (χ0) is 17.7. The second-order valence-electron chi connectivity index (χ2n) is 7.03. The van der Waals surface area contributed by atoms with E-state index in [-0.39, 0.29) is 11.6 Å². The second-order valence-corrected chi connectivity index (χ2v) is 7.03. The van der Waals surface area contributed by atoms with Gasteiger partial charge in [0.2, 0.25) is 0 Å². The molecule has 0 atom stereocenters. The summed E-state index contributed by atoms with van der Waals surface area (Å²) in [5.74, 6) is 0. The van der Waals surface area contributed by atoms with E-state index in [1.807, 2.05) is 6.07 Å². The fraction of sp³-hybridized carbons (Fsp3) is 0.381. The number of carbonyl (C=O) groups is 1. The number of hydrogen-bond acceptors (Lipinski definition) is 2. The number of urea groups is 1. The number of rotatable bonds is 4. The molecule has 0 radical (unpaired) electrons. The average Bonchev–Trinajstić information content (AvgIpc) is 2.65. The highest BCUT2D eigenvalue weighted by Crippen LogP contribution is 2.33. The molecule has 1 fully saturated rings. The molecule has 2 aromatic carbocycles. The molecule has 0 aromatic heterocycles. The highest BCUT2D eigenvalue weighted by Gasteiger charge is 2.37. The molecule has 4 heteroatoms. The zero-order valence-corrected chi connectivity index (χ0v) is 15.1. The molecular weight excluding hydrogens is 310 g/mol. The maximum atomic E-state index is 12.4. The molecule has 0 bridgehead atoms. The van der Waals surface area contributed by atoms with Crippen molar-refractivity contribution in [2.24, 2.45) is 0 Å². The Hall–Kier alpha value is -2.33. The number of benzene rings is 2. The van der Waals surface area contributed by atoms with Gasteiger partial charge in [-0.15, -0.1) is 0 Å². The molecule has 1 N–H and O–H groups in total. The van der Waals surface area contributed by atoms with Crippen molar-refractivity contribution in [3.63, 3.8) is 0 Å². The Morgan fingerprint density at radius 1 is 1.00 bits per heavy atom. The Labute approximate surface area is 150 Å². The van der Waals surface area contributed by atoms with Gasteiger partial charge in [0, 0.05) is 33.7 Å². The van der Waals surface area contributed by atoms with E-state index in [4.69, 9.17) is 0 Å². The SMILES string of the molecule is CN(C)C(=O)NC1(c2ccccc2)CCN(Cc2ccccc2)CC1. The minimum atomic E-state index is -0.282. The monoisotopic (exact) mass is 337 g/mol. The summed E-state index contributed by atoms with van der Waals surface area (Å²) in [6.45, 7) is 2.91. The van der Waals surface area contributed by atoms with Gasteiger partial charge < -0.3 is 10.2 Å². The van der Waals surface area contributed by atoms with Gasteiger partial charge >= 0.3 is 6.03 Å². The lowest BCUT2D eigenvalue weighted by atomic mass is 9.80. The first kappa shape index (κ1) is 17.5. The first-order valence-corrected chi connectivity index (χ1v) is 8.90. The van der Waals surface area contributed by atoms with Crippen LogP contribution in [0.3, 0.4) is 0 Å². The van der Waals surface area contributed by atoms with E-state index in [9.17, 15) is 4.79 Å². The maximum absolute atomic E-state index is 12.4. The Morgan fingerprint density at radius 2 is 1.56 bits per heavy atom. The number of piperidine rings is 1. The molecule has 1 aliphatic heterocycles. The fourth-order valence-electron chi connectivity index (χ4n) is 3.49. The van der Waals surface area contributed by atoms with E-state index < -0.39 is 0 Å². The van der Waals surface area contributed by atoms with Crippen LogP contribution in [0.5, 0.6) is 0 Å². The molecule has 25 heavy (non-hydrogen) atoms. The van der Waals surface area contributed by atoms with Crippen molar-refractivity contribution in [2.45, 2.75) is 24.9 Å². The number of hydrogen-bond donors (Lipinski definition) is 1. The molecular formula is C21H27N3O. The van der Waals surface area contributed by atoms with Gasteiger partial charge in [-0.3, -0.25) is 4.90 Å². The molecule has 2 amide bonds. The summed E-state index contributed by atoms with van der Waals surface area (Å²) in [4.78, 5) is 16.4. The molecule has 0 aliphatic carbocycles. The molecule has 1 saturated heterocycles. The fourth-order valence-corrected chi connectivity index (χ4v) is 3.49. The lowest BCUT2D eigenvalue weighted by Gasteiger charge is -2.43. The number of nitrogens with one attached hydrogen (secondary N) is 1. The van der Waals surface area contributed by atoms with Crippen LogP contribution in [0.1, 0.15) is 24.0 Å². The minimum Gasteiger partial charge on any atom is -0.331 e. The number of amides is 2. The van der Waals surface area contributed by atoms with Crippen LogP contribution < -0.4 is 5.32 Å². The summed E-state index contributed by atoms with van der Waals surface area (Å²) >= 11 is 0. The summed E-state index contributed by atoms with van der Waals surface area (Å²) < 4.78 is 0. The molecule has 132 valence electrons. The van der Waals surface area contributed by atoms with Crippen LogP contribution in [0.25, 0.3) is 0 Å². The van der Waals surface area contributed by atoms with Crippen molar-refractivity contribution in [3.8, 4) is 0 Å². The van der Waals surface area contributed by atoms with Crippen LogP contribution in [0.2, 0.25) is 0 Å². The van der Waals surface area contributed by atoms with E-state index in [1.165, 1.54) is 11.1 Å². The number of nitrogens with zero attached hydrogens (tertiary/aromatic N) is 2. The van der Waals surface area contributed by atoms with Crippen LogP contribution in [0.15, 0.2) is 60.7 Å². The minimum absolute atomic E-state index is 0.0274. The predicted molar refractivity (Wildman–Crippen MR) is 101 cm³/mol. The number of likely N-dealkylation sites (tertiary alicyclic amines) is 1. The lowest BCUT2D eigenvalue weighted by Crippen LogP contribution is -2.55. The van der Waals surface area contributed by atoms with E-state index in [0.29, 0.717) is 0 Å². The van der Waals surface area contributed by atoms with Crippen molar-refractivity contribution in [1.29, 1.82) is 0 Å². The average molecular weight is 337 g/mol. The first-order valence-electron chi connectivity index (χ1n) is 8.90. The number of carbonyl (C=O) groups excluding carboxylic acids is 1. The topological polar surface area (TPSA) is 35.6 Å². The summed E-state index contributed by atoms with van der Waals surface area (Å²) in [6, 6.07) is 20.9. The Kier molecular flexibility index (Phi) is 5.39. The molecule has 0 spiro atoms. The maximum Gasteiger partial charge on any atom is 0.317 e. The third-order valence-corrected chi connectivity index (χ3v) is 5.04. The summed E-state index contributed by atoms with van der Waals surface area (Å²) in [7, 11) is 3.58. The van der Waals surface area contributed by atoms with Crippen molar-refractivity contribution in [1.82, 2.24) is 15.1 Å². The largest absolute Gasteiger partial charge is 0.331 e. The van der Waals surface area contributed by atoms with Crippen LogP contribution in [0, 0.1) is 0 Å². The van der Waals surface area contributed by atoms with Crippen LogP contribution in [0.4, 0.5) is 4.79 Å². The molecule has 1 heterocycles. The van der Waals surface area contributed by atoms with Crippen molar-refractivity contribution in [2.75, 3.05) is 27.2 Å². The van der Waals surface area contributed by atoms with Crippen LogP contribution in [-0.4, -0.2) is 43.0 Å². The standard InChI is InChI=1S/C21H27N3O/c1-23(2)20(25)22-21(19-11-7-4-8-12-19)13-15-24(16-14-21)17-18-9-5-3-6-10-18/h3-12H,13-17H2,1-2H3,(H,22,25). The molecule has 0 unspecified atom stereocenters. The highest BCUT2D eigenvalue weighted by atomic mass is 16.2. The van der Waals surface area contributed by atoms with Crippen molar-refractivity contribution >= 4 is 6.03 Å². The molecule has 3 rings (SSSR count). The third-order valence-electron chi connectivity index (χ3n) is 5.04. The normalized spacial score (nSPS) is 17.0. The molecule has 2 aromatic rings. The Balaban J connectivity index is 1.73. The first-order chi connectivity index (χ1) is 12.1. The quantitative estimate of drug-likeness (QED) is 0.927. The second kappa shape index (κ2) is 7.70. The third kappa shape index (κ3) is 4.20. The van der Waals surface area contributed by atoms with Gasteiger partial charge in [-0.2, -0.15) is 0 Å². The van der Waals surface area contributed by atoms with Gasteiger partial charge in [-0.1, -0.05) is 60.7 Å². The van der Waals surface area contributed by atoms with Crippen LogP contribution in [-0.2, 0) is 12.1 Å². The van der Waals surface area contributed by atoms with Gasteiger partial charge in [0.15, 0.2) is 0 Å². The highest BCUT2D eigenvalue weighted by molar-refractivity contribution is 5.74. The Morgan fingerprint density at radius 3 is 2.12 bits per heavy atom. The van der Waals surface area contributed by atoms with Gasteiger partial charge in [-0.25, -0.2) is 4.79 Å². The lowest BCUT2D eigenvalue weighted by molar-refractivity contribution is 0.125. The van der Waals surface area contributed by atoms with E-state index in [0.717, 1.165) is 32.5 Å². The summed E-state index contributed by atoms with van der Waals surface area (Å²) in [5, 5.41) is 3.29. The smallest absolute Gasteiger partial charge is 0.317 e. The van der Waals surface area contributed by atoms with Crippen LogP contribution >= 0.6 is 0 Å². The zero-order valence-electron chi connectivity index (χ0n) is 15.1. The molecule has 1 aliphatic rings. The van der Waals surface area contributed by atoms with E-state index >= 15 is 0 Å². The van der Waals surface area contributed by atoms with Crippen molar-refractivity contribution in [3.05, 3.63) is 71.8 Å².